The number of nitrogens with zero attached hydrogens (tertiary/aromatic N) is 2. The molecule has 1 saturated heterocycles. The van der Waals surface area contributed by atoms with Crippen molar-refractivity contribution >= 4 is 11.7 Å². The van der Waals surface area contributed by atoms with Gasteiger partial charge in [-0.3, -0.25) is 4.98 Å². The molecule has 0 atom stereocenters. The zero-order valence-electron chi connectivity index (χ0n) is 16.1. The first-order chi connectivity index (χ1) is 13.1. The molecule has 2 aliphatic rings. The SMILES string of the molecule is CC(C)OC(=O)N1CCC(=C2c3ccccc3CCc3cccnc32)CC1. The smallest absolute Gasteiger partial charge is 0.410 e. The van der Waals surface area contributed by atoms with Gasteiger partial charge in [-0.25, -0.2) is 4.79 Å². The number of rotatable bonds is 1. The van der Waals surface area contributed by atoms with Gasteiger partial charge in [-0.15, -0.1) is 0 Å². The number of likely N-dealkylation sites (tertiary alicyclic amines) is 1. The third kappa shape index (κ3) is 3.61. The van der Waals surface area contributed by atoms with Gasteiger partial charge in [0, 0.05) is 24.9 Å². The average molecular weight is 362 g/mol. The first-order valence-corrected chi connectivity index (χ1v) is 9.83. The van der Waals surface area contributed by atoms with Crippen LogP contribution in [0.4, 0.5) is 4.79 Å². The van der Waals surface area contributed by atoms with Crippen molar-refractivity contribution < 1.29 is 9.53 Å². The third-order valence-corrected chi connectivity index (χ3v) is 5.39. The Hall–Kier alpha value is -2.62. The van der Waals surface area contributed by atoms with E-state index >= 15 is 0 Å². The minimum Gasteiger partial charge on any atom is -0.447 e. The van der Waals surface area contributed by atoms with Crippen molar-refractivity contribution in [2.75, 3.05) is 13.1 Å². The van der Waals surface area contributed by atoms with Gasteiger partial charge in [0.15, 0.2) is 0 Å². The Balaban J connectivity index is 1.70. The quantitative estimate of drug-likeness (QED) is 0.743. The number of amides is 1. The van der Waals surface area contributed by atoms with Crippen LogP contribution in [-0.4, -0.2) is 35.2 Å². The van der Waals surface area contributed by atoms with Gasteiger partial charge in [0.05, 0.1) is 11.8 Å². The fourth-order valence-corrected chi connectivity index (χ4v) is 4.09. The molecule has 0 bridgehead atoms. The average Bonchev–Trinajstić information content (AvgIpc) is 2.84. The maximum Gasteiger partial charge on any atom is 0.410 e. The first-order valence-electron chi connectivity index (χ1n) is 9.83. The highest BCUT2D eigenvalue weighted by molar-refractivity contribution is 5.84. The number of hydrogen-bond donors (Lipinski definition) is 0. The highest BCUT2D eigenvalue weighted by Gasteiger charge is 2.26. The number of aromatic nitrogens is 1. The number of piperidine rings is 1. The van der Waals surface area contributed by atoms with Crippen molar-refractivity contribution in [3.05, 3.63) is 70.6 Å². The number of benzene rings is 1. The summed E-state index contributed by atoms with van der Waals surface area (Å²) in [6, 6.07) is 12.9. The molecule has 2 aromatic rings. The summed E-state index contributed by atoms with van der Waals surface area (Å²) in [5.41, 5.74) is 7.82. The van der Waals surface area contributed by atoms with E-state index in [0.29, 0.717) is 13.1 Å². The molecule has 4 heteroatoms. The van der Waals surface area contributed by atoms with Crippen molar-refractivity contribution in [2.24, 2.45) is 0 Å². The molecule has 0 saturated carbocycles. The van der Waals surface area contributed by atoms with Crippen molar-refractivity contribution in [2.45, 2.75) is 45.6 Å². The van der Waals surface area contributed by atoms with Gasteiger partial charge >= 0.3 is 6.09 Å². The summed E-state index contributed by atoms with van der Waals surface area (Å²) >= 11 is 0. The van der Waals surface area contributed by atoms with E-state index in [2.05, 4.69) is 30.3 Å². The van der Waals surface area contributed by atoms with E-state index < -0.39 is 0 Å². The molecule has 1 aliphatic heterocycles. The fourth-order valence-electron chi connectivity index (χ4n) is 4.09. The number of carbonyl (C=O) groups is 1. The molecule has 1 aromatic heterocycles. The summed E-state index contributed by atoms with van der Waals surface area (Å²) in [6.45, 7) is 5.18. The molecule has 0 radical (unpaired) electrons. The second-order valence-electron chi connectivity index (χ2n) is 7.57. The van der Waals surface area contributed by atoms with E-state index in [-0.39, 0.29) is 12.2 Å². The minimum absolute atomic E-state index is 0.0814. The van der Waals surface area contributed by atoms with E-state index in [4.69, 9.17) is 9.72 Å². The lowest BCUT2D eigenvalue weighted by molar-refractivity contribution is 0.0746. The molecule has 140 valence electrons. The Labute approximate surface area is 160 Å². The molecule has 0 spiro atoms. The molecule has 1 fully saturated rings. The summed E-state index contributed by atoms with van der Waals surface area (Å²) in [7, 11) is 0. The number of aryl methyl sites for hydroxylation is 2. The summed E-state index contributed by atoms with van der Waals surface area (Å²) in [5.74, 6) is 0. The van der Waals surface area contributed by atoms with Gasteiger partial charge < -0.3 is 9.64 Å². The predicted molar refractivity (Wildman–Crippen MR) is 107 cm³/mol. The maximum absolute atomic E-state index is 12.2. The van der Waals surface area contributed by atoms with Gasteiger partial charge in [-0.05, 0) is 62.3 Å². The van der Waals surface area contributed by atoms with Crippen LogP contribution in [0.15, 0.2) is 48.2 Å². The molecule has 1 aromatic carbocycles. The van der Waals surface area contributed by atoms with Gasteiger partial charge in [0.25, 0.3) is 0 Å². The summed E-state index contributed by atoms with van der Waals surface area (Å²) in [5, 5.41) is 0. The summed E-state index contributed by atoms with van der Waals surface area (Å²) in [4.78, 5) is 18.8. The normalized spacial score (nSPS) is 16.6. The van der Waals surface area contributed by atoms with Crippen LogP contribution < -0.4 is 0 Å². The number of ether oxygens (including phenoxy) is 1. The zero-order valence-corrected chi connectivity index (χ0v) is 16.1. The Morgan fingerprint density at radius 3 is 2.48 bits per heavy atom. The predicted octanol–water partition coefficient (Wildman–Crippen LogP) is 4.62. The molecule has 0 unspecified atom stereocenters. The third-order valence-electron chi connectivity index (χ3n) is 5.39. The molecular weight excluding hydrogens is 336 g/mol. The van der Waals surface area contributed by atoms with Crippen molar-refractivity contribution in [3.8, 4) is 0 Å². The van der Waals surface area contributed by atoms with Gasteiger partial charge in [-0.2, -0.15) is 0 Å². The van der Waals surface area contributed by atoms with Gasteiger partial charge in [-0.1, -0.05) is 35.9 Å². The molecule has 1 amide bonds. The molecule has 4 nitrogen and oxygen atoms in total. The van der Waals surface area contributed by atoms with Crippen LogP contribution in [0.3, 0.4) is 0 Å². The van der Waals surface area contributed by atoms with E-state index in [9.17, 15) is 4.79 Å². The van der Waals surface area contributed by atoms with E-state index in [0.717, 1.165) is 31.4 Å². The Bertz CT molecular complexity index is 826. The van der Waals surface area contributed by atoms with Crippen molar-refractivity contribution in [3.63, 3.8) is 0 Å². The maximum atomic E-state index is 12.2. The van der Waals surface area contributed by atoms with Crippen LogP contribution in [0.25, 0.3) is 5.57 Å². The summed E-state index contributed by atoms with van der Waals surface area (Å²) in [6.07, 6.45) is 5.40. The monoisotopic (exact) mass is 362 g/mol. The van der Waals surface area contributed by atoms with Crippen LogP contribution in [0, 0.1) is 0 Å². The van der Waals surface area contributed by atoms with E-state index in [1.54, 1.807) is 0 Å². The first kappa shape index (κ1) is 17.8. The van der Waals surface area contributed by atoms with Crippen molar-refractivity contribution in [1.29, 1.82) is 0 Å². The topological polar surface area (TPSA) is 42.4 Å². The molecule has 1 aliphatic carbocycles. The van der Waals surface area contributed by atoms with E-state index in [1.165, 1.54) is 27.8 Å². The number of hydrogen-bond acceptors (Lipinski definition) is 3. The number of pyridine rings is 1. The molecule has 0 N–H and O–H groups in total. The largest absolute Gasteiger partial charge is 0.447 e. The fraction of sp³-hybridized carbons (Fsp3) is 0.391. The van der Waals surface area contributed by atoms with Crippen LogP contribution in [0.2, 0.25) is 0 Å². The molecular formula is C23H26N2O2. The van der Waals surface area contributed by atoms with Gasteiger partial charge in [0.1, 0.15) is 0 Å². The number of fused-ring (bicyclic) bond motifs is 2. The summed E-state index contributed by atoms with van der Waals surface area (Å²) < 4.78 is 5.36. The highest BCUT2D eigenvalue weighted by Crippen LogP contribution is 2.37. The Morgan fingerprint density at radius 1 is 1.00 bits per heavy atom. The second-order valence-corrected chi connectivity index (χ2v) is 7.57. The van der Waals surface area contributed by atoms with Crippen LogP contribution in [-0.2, 0) is 17.6 Å². The van der Waals surface area contributed by atoms with Crippen LogP contribution in [0.5, 0.6) is 0 Å². The van der Waals surface area contributed by atoms with Crippen LogP contribution >= 0.6 is 0 Å². The van der Waals surface area contributed by atoms with Crippen LogP contribution in [0.1, 0.15) is 49.1 Å². The lowest BCUT2D eigenvalue weighted by atomic mass is 9.89. The Morgan fingerprint density at radius 2 is 1.70 bits per heavy atom. The lowest BCUT2D eigenvalue weighted by Gasteiger charge is -2.30. The standard InChI is InChI=1S/C23H26N2O2/c1-16(2)27-23(26)25-14-11-18(12-15-25)21-20-8-4-3-6-17(20)9-10-19-7-5-13-24-22(19)21/h3-8,13,16H,9-12,14-15H2,1-2H3. The second kappa shape index (κ2) is 7.55. The molecule has 4 rings (SSSR count). The number of carbonyl (C=O) groups excluding carboxylic acids is 1. The van der Waals surface area contributed by atoms with Crippen molar-refractivity contribution in [1.82, 2.24) is 9.88 Å². The van der Waals surface area contributed by atoms with E-state index in [1.807, 2.05) is 31.0 Å². The molecule has 2 heterocycles. The van der Waals surface area contributed by atoms with Gasteiger partial charge in [0.2, 0.25) is 0 Å². The Kier molecular flexibility index (Phi) is 4.97. The zero-order chi connectivity index (χ0) is 18.8. The lowest BCUT2D eigenvalue weighted by Crippen LogP contribution is -2.38. The highest BCUT2D eigenvalue weighted by atomic mass is 16.6. The molecule has 27 heavy (non-hydrogen) atoms. The minimum atomic E-state index is -0.200.